The summed E-state index contributed by atoms with van der Waals surface area (Å²) in [6.45, 7) is 9.94. The number of fused-ring (bicyclic) bond motifs is 3. The van der Waals surface area contributed by atoms with E-state index in [1.54, 1.807) is 0 Å². The van der Waals surface area contributed by atoms with E-state index in [1.807, 2.05) is 0 Å². The topological polar surface area (TPSA) is 21.3 Å². The van der Waals surface area contributed by atoms with Crippen LogP contribution < -0.4 is 5.32 Å². The van der Waals surface area contributed by atoms with E-state index in [4.69, 9.17) is 4.74 Å². The van der Waals surface area contributed by atoms with Gasteiger partial charge in [-0.1, -0.05) is 63.2 Å². The Balaban J connectivity index is 1.83. The molecule has 0 bridgehead atoms. The summed E-state index contributed by atoms with van der Waals surface area (Å²) in [6, 6.07) is 18.0. The SMILES string of the molecule is CC(C)(C)c1ccc2c(c1)[C@@]1(C)OCC[C@H]1[C@H](c1ccccc1)N2. The van der Waals surface area contributed by atoms with Gasteiger partial charge >= 0.3 is 0 Å². The van der Waals surface area contributed by atoms with Crippen molar-refractivity contribution >= 4 is 5.69 Å². The lowest BCUT2D eigenvalue weighted by molar-refractivity contribution is -0.0179. The van der Waals surface area contributed by atoms with Gasteiger partial charge < -0.3 is 10.1 Å². The molecule has 0 aliphatic carbocycles. The van der Waals surface area contributed by atoms with Crippen molar-refractivity contribution in [2.24, 2.45) is 5.92 Å². The third-order valence-corrected chi connectivity index (χ3v) is 5.83. The Labute approximate surface area is 145 Å². The molecule has 2 aromatic rings. The average Bonchev–Trinajstić information content (AvgIpc) is 2.96. The maximum absolute atomic E-state index is 6.35. The molecule has 2 aromatic carbocycles. The minimum absolute atomic E-state index is 0.149. The summed E-state index contributed by atoms with van der Waals surface area (Å²) in [7, 11) is 0. The molecule has 1 N–H and O–H groups in total. The second-order valence-corrected chi connectivity index (χ2v) is 8.39. The van der Waals surface area contributed by atoms with Crippen LogP contribution in [0.2, 0.25) is 0 Å². The van der Waals surface area contributed by atoms with Gasteiger partial charge in [-0.2, -0.15) is 0 Å². The first kappa shape index (κ1) is 15.7. The molecule has 2 heteroatoms. The molecule has 2 heterocycles. The molecule has 2 aliphatic heterocycles. The number of hydrogen-bond acceptors (Lipinski definition) is 2. The van der Waals surface area contributed by atoms with E-state index < -0.39 is 0 Å². The zero-order valence-corrected chi connectivity index (χ0v) is 15.1. The van der Waals surface area contributed by atoms with Gasteiger partial charge in [-0.25, -0.2) is 0 Å². The molecular formula is C22H27NO. The molecule has 1 fully saturated rings. The van der Waals surface area contributed by atoms with Gasteiger partial charge in [0.1, 0.15) is 0 Å². The zero-order chi connectivity index (χ0) is 16.9. The fourth-order valence-electron chi connectivity index (χ4n) is 4.33. The molecule has 3 atom stereocenters. The molecule has 1 saturated heterocycles. The molecule has 0 radical (unpaired) electrons. The van der Waals surface area contributed by atoms with Gasteiger partial charge in [-0.3, -0.25) is 0 Å². The maximum atomic E-state index is 6.35. The largest absolute Gasteiger partial charge is 0.378 e. The van der Waals surface area contributed by atoms with Crippen LogP contribution >= 0.6 is 0 Å². The first-order valence-electron chi connectivity index (χ1n) is 9.00. The fraction of sp³-hybridized carbons (Fsp3) is 0.455. The van der Waals surface area contributed by atoms with E-state index in [0.29, 0.717) is 12.0 Å². The lowest BCUT2D eigenvalue weighted by atomic mass is 9.71. The highest BCUT2D eigenvalue weighted by Gasteiger charge is 2.50. The Kier molecular flexibility index (Phi) is 3.50. The molecule has 0 unspecified atom stereocenters. The Bertz CT molecular complexity index is 746. The summed E-state index contributed by atoms with van der Waals surface area (Å²) in [5.41, 5.74) is 5.21. The summed E-state index contributed by atoms with van der Waals surface area (Å²) in [5.74, 6) is 0.461. The van der Waals surface area contributed by atoms with Crippen LogP contribution in [0.5, 0.6) is 0 Å². The number of ether oxygens (including phenoxy) is 1. The lowest BCUT2D eigenvalue weighted by Crippen LogP contribution is -2.41. The Hall–Kier alpha value is -1.80. The van der Waals surface area contributed by atoms with Crippen LogP contribution in [0, 0.1) is 5.92 Å². The summed E-state index contributed by atoms with van der Waals surface area (Å²) >= 11 is 0. The smallest absolute Gasteiger partial charge is 0.0974 e. The van der Waals surface area contributed by atoms with Crippen molar-refractivity contribution in [3.8, 4) is 0 Å². The minimum Gasteiger partial charge on any atom is -0.378 e. The molecule has 0 aromatic heterocycles. The van der Waals surface area contributed by atoms with Gasteiger partial charge in [0.05, 0.1) is 11.6 Å². The number of nitrogens with one attached hydrogen (secondary N) is 1. The van der Waals surface area contributed by atoms with E-state index in [-0.39, 0.29) is 11.0 Å². The normalized spacial score (nSPS) is 28.8. The maximum Gasteiger partial charge on any atom is 0.0974 e. The molecule has 126 valence electrons. The number of anilines is 1. The highest BCUT2D eigenvalue weighted by atomic mass is 16.5. The van der Waals surface area contributed by atoms with Crippen molar-refractivity contribution in [2.75, 3.05) is 11.9 Å². The van der Waals surface area contributed by atoms with Gasteiger partial charge in [-0.15, -0.1) is 0 Å². The second kappa shape index (κ2) is 5.35. The van der Waals surface area contributed by atoms with Crippen LogP contribution in [0.4, 0.5) is 5.69 Å². The quantitative estimate of drug-likeness (QED) is 0.759. The van der Waals surface area contributed by atoms with Gasteiger partial charge in [0.15, 0.2) is 0 Å². The standard InChI is InChI=1S/C22H27NO/c1-21(2,3)16-10-11-19-18(14-16)22(4)17(12-13-24-22)20(23-19)15-8-6-5-7-9-15/h5-11,14,17,20,23H,12-13H2,1-4H3/t17-,20-,22-/m0/s1. The molecule has 0 spiro atoms. The average molecular weight is 321 g/mol. The third-order valence-electron chi connectivity index (χ3n) is 5.83. The molecular weight excluding hydrogens is 294 g/mol. The van der Waals surface area contributed by atoms with Crippen molar-refractivity contribution in [3.05, 3.63) is 65.2 Å². The van der Waals surface area contributed by atoms with E-state index in [0.717, 1.165) is 13.0 Å². The van der Waals surface area contributed by atoms with Crippen molar-refractivity contribution < 1.29 is 4.74 Å². The fourth-order valence-corrected chi connectivity index (χ4v) is 4.33. The Morgan fingerprint density at radius 1 is 1.08 bits per heavy atom. The van der Waals surface area contributed by atoms with Crippen LogP contribution in [0.25, 0.3) is 0 Å². The predicted octanol–water partition coefficient (Wildman–Crippen LogP) is 5.40. The van der Waals surface area contributed by atoms with Crippen molar-refractivity contribution in [1.29, 1.82) is 0 Å². The van der Waals surface area contributed by atoms with Gasteiger partial charge in [0.25, 0.3) is 0 Å². The molecule has 4 rings (SSSR count). The van der Waals surface area contributed by atoms with Crippen molar-refractivity contribution in [1.82, 2.24) is 0 Å². The van der Waals surface area contributed by atoms with Crippen LogP contribution in [0.1, 0.15) is 56.8 Å². The van der Waals surface area contributed by atoms with Crippen LogP contribution in [0.3, 0.4) is 0 Å². The highest BCUT2D eigenvalue weighted by molar-refractivity contribution is 5.60. The summed E-state index contributed by atoms with van der Waals surface area (Å²) in [6.07, 6.45) is 1.10. The lowest BCUT2D eigenvalue weighted by Gasteiger charge is -2.44. The second-order valence-electron chi connectivity index (χ2n) is 8.39. The monoisotopic (exact) mass is 321 g/mol. The zero-order valence-electron chi connectivity index (χ0n) is 15.1. The first-order chi connectivity index (χ1) is 11.4. The van der Waals surface area contributed by atoms with E-state index in [2.05, 4.69) is 81.5 Å². The Morgan fingerprint density at radius 2 is 1.83 bits per heavy atom. The summed E-state index contributed by atoms with van der Waals surface area (Å²) in [5, 5.41) is 3.81. The molecule has 24 heavy (non-hydrogen) atoms. The predicted molar refractivity (Wildman–Crippen MR) is 99.4 cm³/mol. The molecule has 2 aliphatic rings. The van der Waals surface area contributed by atoms with E-state index in [1.165, 1.54) is 22.4 Å². The number of hydrogen-bond donors (Lipinski definition) is 1. The van der Waals surface area contributed by atoms with Crippen LogP contribution in [-0.2, 0) is 15.8 Å². The number of benzene rings is 2. The van der Waals surface area contributed by atoms with Gasteiger partial charge in [0, 0.05) is 23.8 Å². The Morgan fingerprint density at radius 3 is 2.54 bits per heavy atom. The van der Waals surface area contributed by atoms with Crippen LogP contribution in [0.15, 0.2) is 48.5 Å². The number of rotatable bonds is 1. The minimum atomic E-state index is -0.206. The van der Waals surface area contributed by atoms with E-state index in [9.17, 15) is 0 Å². The molecule has 0 amide bonds. The first-order valence-corrected chi connectivity index (χ1v) is 9.00. The highest BCUT2D eigenvalue weighted by Crippen LogP contribution is 2.54. The molecule has 2 nitrogen and oxygen atoms in total. The summed E-state index contributed by atoms with van der Waals surface area (Å²) in [4.78, 5) is 0. The van der Waals surface area contributed by atoms with Crippen molar-refractivity contribution in [2.45, 2.75) is 51.2 Å². The van der Waals surface area contributed by atoms with Crippen molar-refractivity contribution in [3.63, 3.8) is 0 Å². The van der Waals surface area contributed by atoms with Gasteiger partial charge in [0.2, 0.25) is 0 Å². The summed E-state index contributed by atoms with van der Waals surface area (Å²) < 4.78 is 6.35. The van der Waals surface area contributed by atoms with Crippen LogP contribution in [-0.4, -0.2) is 6.61 Å². The third kappa shape index (κ3) is 2.36. The van der Waals surface area contributed by atoms with E-state index >= 15 is 0 Å². The molecule has 0 saturated carbocycles. The van der Waals surface area contributed by atoms with Gasteiger partial charge in [-0.05, 0) is 36.0 Å².